The van der Waals surface area contributed by atoms with Crippen molar-refractivity contribution in [2.45, 2.75) is 56.5 Å². The Balaban J connectivity index is 2.01. The Hall–Kier alpha value is -3.03. The number of nitrogens with one attached hydrogen (secondary N) is 1. The van der Waals surface area contributed by atoms with E-state index in [1.54, 1.807) is 13.0 Å². The summed E-state index contributed by atoms with van der Waals surface area (Å²) in [6.07, 6.45) is -7.56. The van der Waals surface area contributed by atoms with Gasteiger partial charge in [-0.15, -0.1) is 0 Å². The molecule has 2 heterocycles. The van der Waals surface area contributed by atoms with Crippen LogP contribution in [0.5, 0.6) is 5.75 Å². The molecule has 12 heteroatoms. The lowest BCUT2D eigenvalue weighted by Gasteiger charge is -2.46. The molecule has 1 aromatic carbocycles. The van der Waals surface area contributed by atoms with Crippen LogP contribution in [0.3, 0.4) is 0 Å². The zero-order valence-corrected chi connectivity index (χ0v) is 17.8. The van der Waals surface area contributed by atoms with Gasteiger partial charge in [-0.2, -0.15) is 0 Å². The smallest absolute Gasteiger partial charge is 0.377 e. The number of amides is 1. The minimum Gasteiger partial charge on any atom is -0.476 e. The van der Waals surface area contributed by atoms with Gasteiger partial charge in [0.05, 0.1) is 25.2 Å². The number of aliphatic hydroxyl groups is 4. The van der Waals surface area contributed by atoms with Gasteiger partial charge in [-0.3, -0.25) is 4.79 Å². The summed E-state index contributed by atoms with van der Waals surface area (Å²) in [6.45, 7) is 1.94. The predicted octanol–water partition coefficient (Wildman–Crippen LogP) is -1.37. The SMILES string of the molecule is CC(=O)NC1C(O)CC(Oc2ccc3c(C)cc(=O)oc3c2)(C(=O)O)OC1[C@H](O)[C@H](O)CO. The number of carboxylic acids is 1. The van der Waals surface area contributed by atoms with Crippen molar-refractivity contribution in [1.82, 2.24) is 5.32 Å². The van der Waals surface area contributed by atoms with E-state index in [0.29, 0.717) is 10.9 Å². The summed E-state index contributed by atoms with van der Waals surface area (Å²) in [6, 6.07) is 4.21. The predicted molar refractivity (Wildman–Crippen MR) is 110 cm³/mol. The van der Waals surface area contributed by atoms with E-state index in [2.05, 4.69) is 5.32 Å². The molecule has 1 aromatic heterocycles. The van der Waals surface area contributed by atoms with Gasteiger partial charge < -0.3 is 44.7 Å². The van der Waals surface area contributed by atoms with E-state index in [0.717, 1.165) is 6.92 Å². The number of carbonyl (C=O) groups excluding carboxylic acids is 1. The van der Waals surface area contributed by atoms with Gasteiger partial charge in [-0.1, -0.05) is 0 Å². The van der Waals surface area contributed by atoms with E-state index < -0.39 is 66.8 Å². The Morgan fingerprint density at radius 2 is 2.00 bits per heavy atom. The van der Waals surface area contributed by atoms with Crippen molar-refractivity contribution in [2.24, 2.45) is 0 Å². The minimum atomic E-state index is -2.55. The van der Waals surface area contributed by atoms with E-state index in [9.17, 15) is 39.9 Å². The van der Waals surface area contributed by atoms with Gasteiger partial charge in [0, 0.05) is 24.4 Å². The molecule has 0 saturated carbocycles. The lowest BCUT2D eigenvalue weighted by molar-refractivity contribution is -0.284. The van der Waals surface area contributed by atoms with Crippen LogP contribution >= 0.6 is 0 Å². The van der Waals surface area contributed by atoms with E-state index in [-0.39, 0.29) is 11.3 Å². The first-order chi connectivity index (χ1) is 15.5. The maximum Gasteiger partial charge on any atom is 0.377 e. The molecule has 0 aliphatic carbocycles. The average Bonchev–Trinajstić information content (AvgIpc) is 2.73. The first-order valence-corrected chi connectivity index (χ1v) is 10.0. The first-order valence-electron chi connectivity index (χ1n) is 10.0. The third kappa shape index (κ3) is 4.99. The number of rotatable bonds is 7. The van der Waals surface area contributed by atoms with Crippen LogP contribution < -0.4 is 15.7 Å². The maximum atomic E-state index is 12.2. The molecular weight excluding hydrogens is 442 g/mol. The second-order valence-electron chi connectivity index (χ2n) is 7.89. The number of hydrogen-bond donors (Lipinski definition) is 6. The van der Waals surface area contributed by atoms with Crippen molar-refractivity contribution in [3.63, 3.8) is 0 Å². The number of ether oxygens (including phenoxy) is 2. The molecule has 2 aromatic rings. The molecule has 33 heavy (non-hydrogen) atoms. The number of aryl methyl sites for hydroxylation is 1. The van der Waals surface area contributed by atoms with E-state index in [4.69, 9.17) is 13.9 Å². The lowest BCUT2D eigenvalue weighted by atomic mass is 9.88. The van der Waals surface area contributed by atoms with E-state index in [1.807, 2.05) is 0 Å². The Kier molecular flexibility index (Phi) is 7.05. The highest BCUT2D eigenvalue weighted by atomic mass is 16.7. The molecule has 0 spiro atoms. The second kappa shape index (κ2) is 9.45. The highest BCUT2D eigenvalue weighted by Gasteiger charge is 2.56. The number of aliphatic hydroxyl groups excluding tert-OH is 4. The Labute approximate surface area is 187 Å². The van der Waals surface area contributed by atoms with Crippen molar-refractivity contribution >= 4 is 22.8 Å². The molecule has 1 amide bonds. The molecule has 6 N–H and O–H groups in total. The second-order valence-corrected chi connectivity index (χ2v) is 7.89. The molecule has 0 radical (unpaired) electrons. The molecule has 1 aliphatic heterocycles. The summed E-state index contributed by atoms with van der Waals surface area (Å²) >= 11 is 0. The number of benzene rings is 1. The monoisotopic (exact) mass is 467 g/mol. The summed E-state index contributed by atoms with van der Waals surface area (Å²) in [4.78, 5) is 35.5. The maximum absolute atomic E-state index is 12.2. The molecule has 3 rings (SSSR count). The van der Waals surface area contributed by atoms with Gasteiger partial charge in [0.2, 0.25) is 5.91 Å². The number of carboxylic acid groups (broad SMARTS) is 1. The molecule has 0 bridgehead atoms. The van der Waals surface area contributed by atoms with Crippen molar-refractivity contribution in [3.05, 3.63) is 40.2 Å². The van der Waals surface area contributed by atoms with Crippen LogP contribution in [0.15, 0.2) is 33.5 Å². The first kappa shape index (κ1) is 24.6. The van der Waals surface area contributed by atoms with Crippen LogP contribution in [0.1, 0.15) is 18.9 Å². The summed E-state index contributed by atoms with van der Waals surface area (Å²) < 4.78 is 16.3. The fourth-order valence-corrected chi connectivity index (χ4v) is 3.79. The van der Waals surface area contributed by atoms with Crippen molar-refractivity contribution in [3.8, 4) is 5.75 Å². The zero-order valence-electron chi connectivity index (χ0n) is 17.8. The summed E-state index contributed by atoms with van der Waals surface area (Å²) in [5.74, 6) is -4.90. The van der Waals surface area contributed by atoms with Crippen LogP contribution in [0.2, 0.25) is 0 Å². The van der Waals surface area contributed by atoms with Gasteiger partial charge in [0.25, 0.3) is 0 Å². The van der Waals surface area contributed by atoms with Crippen LogP contribution in [0.4, 0.5) is 0 Å². The summed E-state index contributed by atoms with van der Waals surface area (Å²) in [7, 11) is 0. The molecule has 1 fully saturated rings. The fraction of sp³-hybridized carbons (Fsp3) is 0.476. The number of fused-ring (bicyclic) bond motifs is 1. The van der Waals surface area contributed by atoms with E-state index >= 15 is 0 Å². The molecular formula is C21H25NO11. The van der Waals surface area contributed by atoms with E-state index in [1.165, 1.54) is 18.2 Å². The number of aliphatic carboxylic acids is 1. The molecule has 4 unspecified atom stereocenters. The van der Waals surface area contributed by atoms with Crippen molar-refractivity contribution in [2.75, 3.05) is 6.61 Å². The van der Waals surface area contributed by atoms with Crippen molar-refractivity contribution < 1.29 is 49.0 Å². The molecule has 1 saturated heterocycles. The molecule has 1 aliphatic rings. The fourth-order valence-electron chi connectivity index (χ4n) is 3.79. The third-order valence-corrected chi connectivity index (χ3v) is 5.39. The highest BCUT2D eigenvalue weighted by molar-refractivity contribution is 5.82. The van der Waals surface area contributed by atoms with Gasteiger partial charge in [-0.25, -0.2) is 9.59 Å². The quantitative estimate of drug-likeness (QED) is 0.263. The summed E-state index contributed by atoms with van der Waals surface area (Å²) in [5, 5.41) is 53.0. The normalized spacial score (nSPS) is 27.0. The average molecular weight is 467 g/mol. The Morgan fingerprint density at radius 1 is 1.30 bits per heavy atom. The minimum absolute atomic E-state index is 0.0835. The lowest BCUT2D eigenvalue weighted by Crippen LogP contribution is -2.68. The van der Waals surface area contributed by atoms with Gasteiger partial charge >= 0.3 is 17.4 Å². The molecule has 180 valence electrons. The van der Waals surface area contributed by atoms with Crippen LogP contribution in [-0.4, -0.2) is 80.3 Å². The highest BCUT2D eigenvalue weighted by Crippen LogP contribution is 2.35. The van der Waals surface area contributed by atoms with Gasteiger partial charge in [-0.05, 0) is 24.6 Å². The third-order valence-electron chi connectivity index (χ3n) is 5.39. The van der Waals surface area contributed by atoms with Crippen molar-refractivity contribution in [1.29, 1.82) is 0 Å². The zero-order chi connectivity index (χ0) is 24.5. The Morgan fingerprint density at radius 3 is 2.61 bits per heavy atom. The van der Waals surface area contributed by atoms with Crippen LogP contribution in [0.25, 0.3) is 11.0 Å². The standard InChI is InChI=1S/C21H25NO11/c1-9-5-16(27)31-15-6-11(3-4-12(9)15)32-21(20(29)30)7-13(25)17(22-10(2)24)19(33-21)18(28)14(26)8-23/h3-6,13-14,17-19,23,25-26,28H,7-8H2,1-2H3,(H,22,24)(H,29,30)/t13?,14-,17?,18-,19?,21?/m1/s1. The number of hydrogen-bond acceptors (Lipinski definition) is 10. The topological polar surface area (TPSA) is 196 Å². The molecule has 12 nitrogen and oxygen atoms in total. The van der Waals surface area contributed by atoms with Gasteiger partial charge in [0.15, 0.2) is 0 Å². The largest absolute Gasteiger partial charge is 0.476 e. The Bertz CT molecular complexity index is 1100. The van der Waals surface area contributed by atoms with Gasteiger partial charge in [0.1, 0.15) is 29.6 Å². The van der Waals surface area contributed by atoms with Crippen LogP contribution in [-0.2, 0) is 14.3 Å². The number of carbonyl (C=O) groups is 2. The summed E-state index contributed by atoms with van der Waals surface area (Å²) in [5.41, 5.74) is 0.135. The molecule has 6 atom stereocenters. The van der Waals surface area contributed by atoms with Crippen LogP contribution in [0, 0.1) is 6.92 Å².